The van der Waals surface area contributed by atoms with Crippen molar-refractivity contribution in [2.45, 2.75) is 38.6 Å². The number of benzene rings is 4. The van der Waals surface area contributed by atoms with E-state index in [1.807, 2.05) is 59.5 Å². The van der Waals surface area contributed by atoms with Gasteiger partial charge in [-0.05, 0) is 77.6 Å². The Morgan fingerprint density at radius 2 is 1.44 bits per heavy atom. The Balaban J connectivity index is 0.949. The highest BCUT2D eigenvalue weighted by Crippen LogP contribution is 2.24. The van der Waals surface area contributed by atoms with Crippen LogP contribution in [-0.2, 0) is 6.54 Å². The van der Waals surface area contributed by atoms with Gasteiger partial charge >= 0.3 is 0 Å². The molecule has 1 aliphatic heterocycles. The van der Waals surface area contributed by atoms with Crippen LogP contribution in [0.1, 0.15) is 58.4 Å². The highest BCUT2D eigenvalue weighted by atomic mass is 16.2. The van der Waals surface area contributed by atoms with Crippen LogP contribution >= 0.6 is 0 Å². The van der Waals surface area contributed by atoms with Crippen LogP contribution in [0.5, 0.6) is 0 Å². The monoisotopic (exact) mass is 519 g/mol. The Morgan fingerprint density at radius 1 is 0.718 bits per heavy atom. The van der Waals surface area contributed by atoms with E-state index < -0.39 is 0 Å². The van der Waals surface area contributed by atoms with Crippen LogP contribution in [0.3, 0.4) is 0 Å². The first-order valence-corrected chi connectivity index (χ1v) is 14.1. The normalized spacial score (nSPS) is 13.2. The highest BCUT2D eigenvalue weighted by molar-refractivity contribution is 5.95. The number of fused-ring (bicyclic) bond motifs is 1. The molecular formula is C34H37N3O2. The quantitative estimate of drug-likeness (QED) is 0.200. The third-order valence-electron chi connectivity index (χ3n) is 7.55. The van der Waals surface area contributed by atoms with E-state index in [-0.39, 0.29) is 11.8 Å². The van der Waals surface area contributed by atoms with Gasteiger partial charge in [0.25, 0.3) is 11.8 Å². The molecule has 0 atom stereocenters. The van der Waals surface area contributed by atoms with E-state index in [9.17, 15) is 9.59 Å². The van der Waals surface area contributed by atoms with Gasteiger partial charge in [0, 0.05) is 43.0 Å². The van der Waals surface area contributed by atoms with E-state index in [0.29, 0.717) is 11.5 Å². The predicted octanol–water partition coefficient (Wildman–Crippen LogP) is 6.90. The number of likely N-dealkylation sites (tertiary alicyclic amines) is 1. The van der Waals surface area contributed by atoms with Gasteiger partial charge in [-0.25, -0.2) is 0 Å². The molecular weight excluding hydrogens is 482 g/mol. The van der Waals surface area contributed by atoms with Crippen molar-refractivity contribution in [1.29, 1.82) is 0 Å². The lowest BCUT2D eigenvalue weighted by Gasteiger charge is -2.39. The zero-order chi connectivity index (χ0) is 26.9. The number of nitrogens with zero attached hydrogens (tertiary/aromatic N) is 1. The number of anilines is 1. The molecule has 0 unspecified atom stereocenters. The van der Waals surface area contributed by atoms with Gasteiger partial charge in [0.15, 0.2) is 0 Å². The Bertz CT molecular complexity index is 1380. The maximum atomic E-state index is 12.9. The summed E-state index contributed by atoms with van der Waals surface area (Å²) in [6.07, 6.45) is 5.63. The summed E-state index contributed by atoms with van der Waals surface area (Å²) < 4.78 is 0. The molecule has 5 heteroatoms. The number of carbonyl (C=O) groups excluding carboxylic acids is 2. The van der Waals surface area contributed by atoms with Gasteiger partial charge in [0.2, 0.25) is 0 Å². The van der Waals surface area contributed by atoms with Crippen molar-refractivity contribution in [3.8, 4) is 0 Å². The molecule has 200 valence electrons. The maximum Gasteiger partial charge on any atom is 0.253 e. The molecule has 0 radical (unpaired) electrons. The van der Waals surface area contributed by atoms with Crippen molar-refractivity contribution in [1.82, 2.24) is 10.2 Å². The van der Waals surface area contributed by atoms with E-state index in [2.05, 4.69) is 53.1 Å². The van der Waals surface area contributed by atoms with E-state index in [1.54, 1.807) is 0 Å². The van der Waals surface area contributed by atoms with E-state index in [4.69, 9.17) is 0 Å². The molecule has 1 fully saturated rings. The fourth-order valence-corrected chi connectivity index (χ4v) is 5.19. The number of hydrogen-bond acceptors (Lipinski definition) is 3. The fourth-order valence-electron chi connectivity index (χ4n) is 5.19. The first-order valence-electron chi connectivity index (χ1n) is 14.1. The zero-order valence-corrected chi connectivity index (χ0v) is 22.4. The lowest BCUT2D eigenvalue weighted by Crippen LogP contribution is -2.49. The van der Waals surface area contributed by atoms with Gasteiger partial charge in [-0.1, -0.05) is 73.9 Å². The highest BCUT2D eigenvalue weighted by Gasteiger charge is 2.30. The van der Waals surface area contributed by atoms with Crippen LogP contribution in [0.25, 0.3) is 10.8 Å². The van der Waals surface area contributed by atoms with Crippen molar-refractivity contribution >= 4 is 28.3 Å². The Hall–Kier alpha value is -4.12. The summed E-state index contributed by atoms with van der Waals surface area (Å²) >= 11 is 0. The lowest BCUT2D eigenvalue weighted by atomic mass is 9.92. The molecule has 39 heavy (non-hydrogen) atoms. The summed E-state index contributed by atoms with van der Waals surface area (Å²) in [6, 6.07) is 32.1. The maximum absolute atomic E-state index is 12.9. The van der Waals surface area contributed by atoms with Gasteiger partial charge in [0.1, 0.15) is 0 Å². The second-order valence-electron chi connectivity index (χ2n) is 10.5. The van der Waals surface area contributed by atoms with E-state index in [0.717, 1.165) is 56.7 Å². The first kappa shape index (κ1) is 26.5. The van der Waals surface area contributed by atoms with Crippen molar-refractivity contribution in [2.24, 2.45) is 5.92 Å². The molecule has 2 N–H and O–H groups in total. The van der Waals surface area contributed by atoms with Gasteiger partial charge in [-0.15, -0.1) is 0 Å². The summed E-state index contributed by atoms with van der Waals surface area (Å²) in [6.45, 7) is 3.17. The average Bonchev–Trinajstić information content (AvgIpc) is 2.96. The summed E-state index contributed by atoms with van der Waals surface area (Å²) in [5.41, 5.74) is 3.71. The topological polar surface area (TPSA) is 61.4 Å². The molecule has 0 bridgehead atoms. The van der Waals surface area contributed by atoms with Crippen molar-refractivity contribution in [3.05, 3.63) is 114 Å². The Kier molecular flexibility index (Phi) is 8.90. The van der Waals surface area contributed by atoms with Gasteiger partial charge in [-0.3, -0.25) is 9.59 Å². The molecule has 5 nitrogen and oxygen atoms in total. The summed E-state index contributed by atoms with van der Waals surface area (Å²) in [4.78, 5) is 26.9. The minimum absolute atomic E-state index is 0.00161. The molecule has 4 aromatic carbocycles. The fraction of sp³-hybridized carbons (Fsp3) is 0.294. The molecule has 5 rings (SSSR count). The van der Waals surface area contributed by atoms with E-state index in [1.165, 1.54) is 29.2 Å². The SMILES string of the molecule is O=C(NCCCCCCC1CN(C(=O)c2ccc(NCc3ccc4ccccc4c3)cc2)C1)c1ccccc1. The second-order valence-corrected chi connectivity index (χ2v) is 10.5. The molecule has 1 heterocycles. The molecule has 0 spiro atoms. The van der Waals surface area contributed by atoms with Crippen molar-refractivity contribution < 1.29 is 9.59 Å². The molecule has 1 aliphatic rings. The van der Waals surface area contributed by atoms with Gasteiger partial charge in [-0.2, -0.15) is 0 Å². The largest absolute Gasteiger partial charge is 0.381 e. The lowest BCUT2D eigenvalue weighted by molar-refractivity contribution is 0.0480. The van der Waals surface area contributed by atoms with Crippen LogP contribution in [-0.4, -0.2) is 36.3 Å². The molecule has 0 aliphatic carbocycles. The minimum atomic E-state index is 0.00161. The van der Waals surface area contributed by atoms with Crippen LogP contribution in [0, 0.1) is 5.92 Å². The molecule has 1 saturated heterocycles. The summed E-state index contributed by atoms with van der Waals surface area (Å²) in [5.74, 6) is 0.734. The molecule has 2 amide bonds. The predicted molar refractivity (Wildman–Crippen MR) is 159 cm³/mol. The standard InChI is InChI=1S/C34H37N3O2/c38-33(29-12-5-3-6-13-29)35-21-9-2-1-4-10-27-24-37(25-27)34(39)30-17-19-32(20-18-30)36-23-26-15-16-28-11-7-8-14-31(28)22-26/h3,5-8,11-20,22,27,36H,1-2,4,9-10,21,23-25H2,(H,35,38). The molecule has 0 saturated carbocycles. The summed E-state index contributed by atoms with van der Waals surface area (Å²) in [7, 11) is 0. The third-order valence-corrected chi connectivity index (χ3v) is 7.55. The number of nitrogens with one attached hydrogen (secondary N) is 2. The Morgan fingerprint density at radius 3 is 2.23 bits per heavy atom. The van der Waals surface area contributed by atoms with Crippen molar-refractivity contribution in [3.63, 3.8) is 0 Å². The third kappa shape index (κ3) is 7.26. The van der Waals surface area contributed by atoms with Crippen LogP contribution in [0.2, 0.25) is 0 Å². The first-order chi connectivity index (χ1) is 19.2. The van der Waals surface area contributed by atoms with Gasteiger partial charge < -0.3 is 15.5 Å². The number of amides is 2. The minimum Gasteiger partial charge on any atom is -0.381 e. The number of unbranched alkanes of at least 4 members (excludes halogenated alkanes) is 3. The smallest absolute Gasteiger partial charge is 0.253 e. The molecule has 4 aromatic rings. The van der Waals surface area contributed by atoms with Gasteiger partial charge in [0.05, 0.1) is 0 Å². The second kappa shape index (κ2) is 13.1. The molecule has 0 aromatic heterocycles. The van der Waals surface area contributed by atoms with Crippen molar-refractivity contribution in [2.75, 3.05) is 25.0 Å². The average molecular weight is 520 g/mol. The van der Waals surface area contributed by atoms with Crippen LogP contribution in [0.15, 0.2) is 97.1 Å². The summed E-state index contributed by atoms with van der Waals surface area (Å²) in [5, 5.41) is 8.95. The zero-order valence-electron chi connectivity index (χ0n) is 22.4. The van der Waals surface area contributed by atoms with E-state index >= 15 is 0 Å². The number of carbonyl (C=O) groups is 2. The number of hydrogen-bond donors (Lipinski definition) is 2. The number of rotatable bonds is 12. The van der Waals surface area contributed by atoms with Crippen LogP contribution in [0.4, 0.5) is 5.69 Å². The van der Waals surface area contributed by atoms with Crippen LogP contribution < -0.4 is 10.6 Å². The Labute approximate surface area is 231 Å².